The summed E-state index contributed by atoms with van der Waals surface area (Å²) in [7, 11) is 0. The first kappa shape index (κ1) is 21.9. The molecule has 0 aliphatic carbocycles. The predicted molar refractivity (Wildman–Crippen MR) is 129 cm³/mol. The van der Waals surface area contributed by atoms with Crippen LogP contribution in [0.15, 0.2) is 83.0 Å². The van der Waals surface area contributed by atoms with E-state index in [1.54, 1.807) is 31.2 Å². The lowest BCUT2D eigenvalue weighted by molar-refractivity contribution is 0.244. The van der Waals surface area contributed by atoms with E-state index in [0.717, 1.165) is 16.7 Å². The second-order valence-corrected chi connectivity index (χ2v) is 8.47. The maximum absolute atomic E-state index is 14.0. The van der Waals surface area contributed by atoms with Crippen molar-refractivity contribution in [3.05, 3.63) is 106 Å². The smallest absolute Gasteiger partial charge is 0.327 e. The molecular weight excluding hydrogens is 455 g/mol. The summed E-state index contributed by atoms with van der Waals surface area (Å²) < 4.78 is 19.6. The maximum atomic E-state index is 14.0. The van der Waals surface area contributed by atoms with Gasteiger partial charge in [0, 0.05) is 16.3 Å². The Balaban J connectivity index is 1.65. The largest absolute Gasteiger partial charge is 0.334 e. The molecule has 0 saturated heterocycles. The molecule has 170 valence electrons. The molecule has 0 spiro atoms. The first-order valence-corrected chi connectivity index (χ1v) is 11.0. The zero-order valence-corrected chi connectivity index (χ0v) is 19.2. The van der Waals surface area contributed by atoms with Crippen LogP contribution in [0.1, 0.15) is 30.0 Å². The second-order valence-electron chi connectivity index (χ2n) is 8.04. The van der Waals surface area contributed by atoms with Crippen molar-refractivity contribution in [3.63, 3.8) is 0 Å². The van der Waals surface area contributed by atoms with Gasteiger partial charge < -0.3 is 9.84 Å². The van der Waals surface area contributed by atoms with Gasteiger partial charge in [0.15, 0.2) is 0 Å². The summed E-state index contributed by atoms with van der Waals surface area (Å²) in [6.07, 6.45) is 0. The predicted octanol–water partition coefficient (Wildman–Crippen LogP) is 6.54. The van der Waals surface area contributed by atoms with E-state index in [-0.39, 0.29) is 5.89 Å². The van der Waals surface area contributed by atoms with Gasteiger partial charge in [0.25, 0.3) is 5.89 Å². The molecule has 0 bridgehead atoms. The van der Waals surface area contributed by atoms with Crippen molar-refractivity contribution in [2.45, 2.75) is 19.9 Å². The monoisotopic (exact) mass is 474 g/mol. The molecule has 1 N–H and O–H groups in total. The minimum absolute atomic E-state index is 0.259. The molecule has 4 aromatic rings. The topological polar surface area (TPSA) is 71.3 Å². The Morgan fingerprint density at radius 2 is 1.76 bits per heavy atom. The molecule has 0 saturated carbocycles. The average molecular weight is 475 g/mol. The average Bonchev–Trinajstić information content (AvgIpc) is 3.29. The van der Waals surface area contributed by atoms with Gasteiger partial charge in [-0.25, -0.2) is 9.18 Å². The van der Waals surface area contributed by atoms with Gasteiger partial charge >= 0.3 is 6.03 Å². The van der Waals surface area contributed by atoms with E-state index in [2.05, 4.69) is 15.5 Å². The van der Waals surface area contributed by atoms with Crippen molar-refractivity contribution in [2.24, 2.45) is 0 Å². The zero-order chi connectivity index (χ0) is 23.8. The van der Waals surface area contributed by atoms with E-state index in [0.29, 0.717) is 27.8 Å². The fourth-order valence-electron chi connectivity index (χ4n) is 4.00. The first-order chi connectivity index (χ1) is 16.4. The highest BCUT2D eigenvalue weighted by Gasteiger charge is 2.36. The number of hydrogen-bond acceptors (Lipinski definition) is 4. The number of anilines is 1. The molecule has 8 heteroatoms. The minimum Gasteiger partial charge on any atom is -0.334 e. The van der Waals surface area contributed by atoms with Gasteiger partial charge in [-0.1, -0.05) is 64.8 Å². The number of urea groups is 1. The van der Waals surface area contributed by atoms with Gasteiger partial charge in [0.2, 0.25) is 5.82 Å². The van der Waals surface area contributed by atoms with Crippen LogP contribution >= 0.6 is 11.6 Å². The van der Waals surface area contributed by atoms with Crippen LogP contribution in [0.4, 0.5) is 14.9 Å². The highest BCUT2D eigenvalue weighted by molar-refractivity contribution is 6.30. The molecule has 1 aromatic heterocycles. The number of rotatable bonds is 4. The number of nitrogens with zero attached hydrogens (tertiary/aromatic N) is 3. The van der Waals surface area contributed by atoms with Gasteiger partial charge in [-0.3, -0.25) is 4.90 Å². The Morgan fingerprint density at radius 1 is 1.03 bits per heavy atom. The maximum Gasteiger partial charge on any atom is 0.327 e. The molecular formula is C26H20ClFN4O2. The third kappa shape index (κ3) is 4.06. The van der Waals surface area contributed by atoms with Crippen LogP contribution in [0, 0.1) is 12.7 Å². The quantitative estimate of drug-likeness (QED) is 0.364. The van der Waals surface area contributed by atoms with Crippen LogP contribution in [-0.2, 0) is 0 Å². The van der Waals surface area contributed by atoms with E-state index >= 15 is 0 Å². The van der Waals surface area contributed by atoms with Crippen LogP contribution in [0.25, 0.3) is 17.0 Å². The minimum atomic E-state index is -0.569. The van der Waals surface area contributed by atoms with E-state index in [4.69, 9.17) is 16.1 Å². The number of aromatic nitrogens is 2. The summed E-state index contributed by atoms with van der Waals surface area (Å²) in [6.45, 7) is 3.78. The van der Waals surface area contributed by atoms with Gasteiger partial charge in [-0.05, 0) is 49.7 Å². The van der Waals surface area contributed by atoms with Crippen molar-refractivity contribution < 1.29 is 13.7 Å². The molecule has 2 amide bonds. The van der Waals surface area contributed by atoms with Crippen molar-refractivity contribution in [2.75, 3.05) is 4.90 Å². The summed E-state index contributed by atoms with van der Waals surface area (Å²) in [4.78, 5) is 19.2. The Kier molecular flexibility index (Phi) is 5.63. The van der Waals surface area contributed by atoms with Crippen LogP contribution in [0.3, 0.4) is 0 Å². The van der Waals surface area contributed by atoms with E-state index < -0.39 is 17.9 Å². The number of nitrogens with one attached hydrogen (secondary N) is 1. The molecule has 6 nitrogen and oxygen atoms in total. The highest BCUT2D eigenvalue weighted by atomic mass is 35.5. The van der Waals surface area contributed by atoms with Crippen LogP contribution in [-0.4, -0.2) is 16.2 Å². The van der Waals surface area contributed by atoms with Crippen LogP contribution in [0.5, 0.6) is 0 Å². The molecule has 1 aliphatic heterocycles. The summed E-state index contributed by atoms with van der Waals surface area (Å²) in [5.74, 6) is 0.243. The van der Waals surface area contributed by atoms with E-state index in [9.17, 15) is 9.18 Å². The first-order valence-electron chi connectivity index (χ1n) is 10.6. The molecule has 2 heterocycles. The molecule has 0 radical (unpaired) electrons. The molecule has 1 atom stereocenters. The zero-order valence-electron chi connectivity index (χ0n) is 18.4. The van der Waals surface area contributed by atoms with Gasteiger partial charge in [-0.15, -0.1) is 0 Å². The fourth-order valence-corrected chi connectivity index (χ4v) is 4.13. The summed E-state index contributed by atoms with van der Waals surface area (Å²) in [5.41, 5.74) is 4.27. The third-order valence-electron chi connectivity index (χ3n) is 5.72. The third-order valence-corrected chi connectivity index (χ3v) is 5.97. The van der Waals surface area contributed by atoms with Crippen LogP contribution in [0.2, 0.25) is 5.02 Å². The summed E-state index contributed by atoms with van der Waals surface area (Å²) in [6, 6.07) is 19.8. The Labute approximate surface area is 200 Å². The van der Waals surface area contributed by atoms with Gasteiger partial charge in [0.05, 0.1) is 17.3 Å². The SMILES string of the molecule is CC1=C(c2nc(-c3ccc(C)cc3)no2)C(c2ccc(Cl)cc2)NC(=O)N1c1cccc(F)c1. The molecule has 34 heavy (non-hydrogen) atoms. The van der Waals surface area contributed by atoms with Crippen molar-refractivity contribution >= 4 is 28.9 Å². The fraction of sp³-hybridized carbons (Fsp3) is 0.115. The molecule has 0 fully saturated rings. The summed E-state index contributed by atoms with van der Waals surface area (Å²) in [5, 5.41) is 7.74. The second kappa shape index (κ2) is 8.76. The lowest BCUT2D eigenvalue weighted by atomic mass is 9.94. The lowest BCUT2D eigenvalue weighted by Crippen LogP contribution is -2.46. The number of carbonyl (C=O) groups is 1. The standard InChI is InChI=1S/C26H20ClFN4O2/c1-15-6-8-18(9-7-15)24-30-25(34-31-24)22-16(2)32(21-5-3-4-20(28)14-21)26(33)29-23(22)17-10-12-19(27)13-11-17/h3-14,23H,1-2H3,(H,29,33). The molecule has 1 aliphatic rings. The number of aryl methyl sites for hydroxylation is 1. The highest BCUT2D eigenvalue weighted by Crippen LogP contribution is 2.39. The Bertz CT molecular complexity index is 1400. The number of halogens is 2. The van der Waals surface area contributed by atoms with E-state index in [1.165, 1.54) is 17.0 Å². The number of hydrogen-bond donors (Lipinski definition) is 1. The molecule has 5 rings (SSSR count). The number of amides is 2. The summed E-state index contributed by atoms with van der Waals surface area (Å²) >= 11 is 6.08. The van der Waals surface area contributed by atoms with Gasteiger partial charge in [-0.2, -0.15) is 4.98 Å². The van der Waals surface area contributed by atoms with Crippen molar-refractivity contribution in [1.82, 2.24) is 15.5 Å². The number of carbonyl (C=O) groups excluding carboxylic acids is 1. The molecule has 1 unspecified atom stereocenters. The lowest BCUT2D eigenvalue weighted by Gasteiger charge is -2.35. The Hall–Kier alpha value is -3.97. The normalized spacial score (nSPS) is 16.1. The Morgan fingerprint density at radius 3 is 2.47 bits per heavy atom. The van der Waals surface area contributed by atoms with Gasteiger partial charge in [0.1, 0.15) is 5.82 Å². The number of allylic oxidation sites excluding steroid dienone is 1. The van der Waals surface area contributed by atoms with Crippen molar-refractivity contribution in [3.8, 4) is 11.4 Å². The van der Waals surface area contributed by atoms with E-state index in [1.807, 2.05) is 43.3 Å². The van der Waals surface area contributed by atoms with Crippen molar-refractivity contribution in [1.29, 1.82) is 0 Å². The van der Waals surface area contributed by atoms with Crippen LogP contribution < -0.4 is 10.2 Å². The number of benzene rings is 3. The molecule has 3 aromatic carbocycles.